The van der Waals surface area contributed by atoms with E-state index in [4.69, 9.17) is 28.4 Å². The number of aromatic nitrogens is 4. The Morgan fingerprint density at radius 3 is 2.80 bits per heavy atom. The predicted octanol–water partition coefficient (Wildman–Crippen LogP) is -2.21. The molecule has 2 aromatic rings. The average Bonchev–Trinajstić information content (AvgIpc) is 3.25. The number of rotatable bonds is 5. The molecule has 0 aromatic carbocycles. The summed E-state index contributed by atoms with van der Waals surface area (Å²) in [5.41, 5.74) is 11.2. The van der Waals surface area contributed by atoms with E-state index in [2.05, 4.69) is 48.9 Å². The van der Waals surface area contributed by atoms with E-state index in [1.807, 2.05) is 0 Å². The molecule has 0 saturated carbocycles. The smallest absolute Gasteiger partial charge is 0.203 e. The molecule has 0 amide bonds. The fourth-order valence-corrected chi connectivity index (χ4v) is 2.99. The van der Waals surface area contributed by atoms with Crippen LogP contribution in [0.2, 0.25) is 0 Å². The van der Waals surface area contributed by atoms with Gasteiger partial charge in [-0.15, -0.1) is 0 Å². The molecule has 4 atom stereocenters. The number of guanidine groups is 1. The van der Waals surface area contributed by atoms with Crippen molar-refractivity contribution in [2.45, 2.75) is 24.5 Å². The summed E-state index contributed by atoms with van der Waals surface area (Å²) in [6, 6.07) is 0. The Balaban J connectivity index is 1.75. The molecule has 0 radical (unpaired) electrons. The Hall–Kier alpha value is -3.20. The van der Waals surface area contributed by atoms with Crippen LogP contribution in [0.1, 0.15) is 6.23 Å². The Labute approximate surface area is 176 Å². The van der Waals surface area contributed by atoms with Crippen molar-refractivity contribution in [1.82, 2.24) is 19.5 Å². The third-order valence-corrected chi connectivity index (χ3v) is 4.45. The van der Waals surface area contributed by atoms with Crippen LogP contribution >= 0.6 is 12.2 Å². The fourth-order valence-electron chi connectivity index (χ4n) is 2.75. The van der Waals surface area contributed by atoms with Crippen molar-refractivity contribution in [3.8, 4) is 23.7 Å². The highest BCUT2D eigenvalue weighted by atomic mass is 32.1. The minimum absolute atomic E-state index is 0.0354. The monoisotopic (exact) mass is 432 g/mol. The number of aliphatic hydroxyl groups is 3. The first-order valence-corrected chi connectivity index (χ1v) is 9.17. The zero-order chi connectivity index (χ0) is 21.7. The van der Waals surface area contributed by atoms with Crippen molar-refractivity contribution in [3.05, 3.63) is 11.0 Å². The van der Waals surface area contributed by atoms with E-state index >= 15 is 0 Å². The van der Waals surface area contributed by atoms with Crippen LogP contribution in [0.3, 0.4) is 0 Å². The van der Waals surface area contributed by atoms with E-state index in [0.717, 1.165) is 0 Å². The maximum Gasteiger partial charge on any atom is 0.203 e. The van der Waals surface area contributed by atoms with Crippen LogP contribution < -0.4 is 16.8 Å². The molecule has 0 spiro atoms. The molecular weight excluding hydrogens is 412 g/mol. The normalized spacial score (nSPS) is 22.6. The fraction of sp³-hybridized carbons (Fsp3) is 0.412. The van der Waals surface area contributed by atoms with Crippen molar-refractivity contribution in [2.24, 2.45) is 16.5 Å². The third kappa shape index (κ3) is 4.68. The second-order valence-corrected chi connectivity index (χ2v) is 6.55. The number of aromatic amines is 1. The standard InChI is InChI=1S/C17H20N8O4S/c18-16(19)20-5-3-1-2-4-6-21-17-23-13-10(14(30)24-17)22-8-25(13)15-12(28)11(27)9(7-26)29-15/h8-9,11-12,15,26-28H,5-7H2,(H4,18,19,20)(H2,21,23,24,30)/t9-,11-,12-,15-/m1/s1. The molecule has 1 fully saturated rings. The summed E-state index contributed by atoms with van der Waals surface area (Å²) >= 11 is 5.27. The van der Waals surface area contributed by atoms with Crippen molar-refractivity contribution in [2.75, 3.05) is 25.0 Å². The molecule has 0 aliphatic carbocycles. The predicted molar refractivity (Wildman–Crippen MR) is 110 cm³/mol. The molecule has 1 aliphatic rings. The minimum atomic E-state index is -1.26. The maximum atomic E-state index is 10.3. The summed E-state index contributed by atoms with van der Waals surface area (Å²) < 4.78 is 7.26. The van der Waals surface area contributed by atoms with Crippen LogP contribution in [0.25, 0.3) is 11.2 Å². The molecule has 0 bridgehead atoms. The van der Waals surface area contributed by atoms with Gasteiger partial charge >= 0.3 is 0 Å². The molecule has 3 heterocycles. The van der Waals surface area contributed by atoms with Gasteiger partial charge in [-0.25, -0.2) is 15.0 Å². The summed E-state index contributed by atoms with van der Waals surface area (Å²) in [7, 11) is 0. The lowest BCUT2D eigenvalue weighted by Gasteiger charge is -2.17. The minimum Gasteiger partial charge on any atom is -0.394 e. The summed E-state index contributed by atoms with van der Waals surface area (Å²) in [5.74, 6) is 11.0. The van der Waals surface area contributed by atoms with Crippen LogP contribution in [-0.2, 0) is 4.74 Å². The molecule has 2 aromatic heterocycles. The molecule has 13 heteroatoms. The number of nitrogens with zero attached hydrogens (tertiary/aromatic N) is 4. The zero-order valence-electron chi connectivity index (χ0n) is 15.6. The number of nitrogens with one attached hydrogen (secondary N) is 2. The summed E-state index contributed by atoms with van der Waals surface area (Å²) in [4.78, 5) is 15.1. The van der Waals surface area contributed by atoms with Crippen LogP contribution in [0, 0.1) is 28.3 Å². The molecular formula is C17H20N8O4S. The molecule has 0 unspecified atom stereocenters. The summed E-state index contributed by atoms with van der Waals surface area (Å²) in [6.45, 7) is -0.0390. The first kappa shape index (κ1) is 21.5. The number of aliphatic imine (C=N–C) groups is 1. The highest BCUT2D eigenvalue weighted by molar-refractivity contribution is 7.71. The van der Waals surface area contributed by atoms with E-state index in [0.29, 0.717) is 17.1 Å². The first-order valence-electron chi connectivity index (χ1n) is 8.76. The number of anilines is 1. The Morgan fingerprint density at radius 2 is 2.10 bits per heavy atom. The number of hydrogen-bond acceptors (Lipinski definition) is 9. The van der Waals surface area contributed by atoms with E-state index in [1.165, 1.54) is 10.9 Å². The van der Waals surface area contributed by atoms with Gasteiger partial charge in [0.1, 0.15) is 36.0 Å². The second kappa shape index (κ2) is 9.53. The van der Waals surface area contributed by atoms with Crippen LogP contribution in [0.15, 0.2) is 11.3 Å². The first-order chi connectivity index (χ1) is 14.4. The van der Waals surface area contributed by atoms with Gasteiger partial charge in [-0.2, -0.15) is 0 Å². The number of H-pyrrole nitrogens is 1. The number of hydrogen-bond donors (Lipinski definition) is 7. The number of nitrogens with two attached hydrogens (primary N) is 2. The maximum absolute atomic E-state index is 10.3. The second-order valence-electron chi connectivity index (χ2n) is 6.17. The summed E-state index contributed by atoms with van der Waals surface area (Å²) in [6.07, 6.45) is -2.94. The average molecular weight is 432 g/mol. The van der Waals surface area contributed by atoms with Crippen molar-refractivity contribution in [3.63, 3.8) is 0 Å². The van der Waals surface area contributed by atoms with Gasteiger partial charge in [0, 0.05) is 0 Å². The Morgan fingerprint density at radius 1 is 1.33 bits per heavy atom. The number of ether oxygens (including phenoxy) is 1. The molecule has 9 N–H and O–H groups in total. The van der Waals surface area contributed by atoms with Gasteiger partial charge in [0.2, 0.25) is 5.95 Å². The van der Waals surface area contributed by atoms with E-state index < -0.39 is 31.1 Å². The lowest BCUT2D eigenvalue weighted by Crippen LogP contribution is -2.33. The molecule has 1 saturated heterocycles. The molecule has 3 rings (SSSR count). The van der Waals surface area contributed by atoms with Gasteiger partial charge in [0.15, 0.2) is 16.8 Å². The zero-order valence-corrected chi connectivity index (χ0v) is 16.4. The Bertz CT molecular complexity index is 1120. The topological polar surface area (TPSA) is 193 Å². The van der Waals surface area contributed by atoms with Gasteiger partial charge in [0.25, 0.3) is 0 Å². The van der Waals surface area contributed by atoms with Crippen LogP contribution in [0.5, 0.6) is 0 Å². The number of fused-ring (bicyclic) bond motifs is 1. The van der Waals surface area contributed by atoms with E-state index in [9.17, 15) is 15.3 Å². The molecule has 158 valence electrons. The molecule has 12 nitrogen and oxygen atoms in total. The molecule has 1 aliphatic heterocycles. The van der Waals surface area contributed by atoms with Gasteiger partial charge < -0.3 is 41.8 Å². The Kier molecular flexibility index (Phi) is 6.83. The van der Waals surface area contributed by atoms with Gasteiger partial charge in [-0.1, -0.05) is 24.1 Å². The van der Waals surface area contributed by atoms with Gasteiger partial charge in [-0.3, -0.25) is 4.57 Å². The van der Waals surface area contributed by atoms with Crippen molar-refractivity contribution in [1.29, 1.82) is 0 Å². The highest BCUT2D eigenvalue weighted by Crippen LogP contribution is 2.31. The van der Waals surface area contributed by atoms with Crippen molar-refractivity contribution < 1.29 is 20.1 Å². The third-order valence-electron chi connectivity index (χ3n) is 4.16. The van der Waals surface area contributed by atoms with Gasteiger partial charge in [-0.05, 0) is 11.8 Å². The van der Waals surface area contributed by atoms with E-state index in [-0.39, 0.29) is 23.7 Å². The number of imidazole rings is 1. The largest absolute Gasteiger partial charge is 0.394 e. The summed E-state index contributed by atoms with van der Waals surface area (Å²) in [5, 5.41) is 32.5. The number of aliphatic hydroxyl groups excluding tert-OH is 3. The van der Waals surface area contributed by atoms with Gasteiger partial charge in [0.05, 0.1) is 19.5 Å². The lowest BCUT2D eigenvalue weighted by molar-refractivity contribution is -0.0511. The van der Waals surface area contributed by atoms with Crippen LogP contribution in [-0.4, -0.2) is 78.8 Å². The van der Waals surface area contributed by atoms with E-state index in [1.54, 1.807) is 0 Å². The SMILES string of the molecule is NC(N)=NCC#CC#CCNc1nc(=S)c2ncn([C@@H]3O[C@H](CO)[C@@H](O)[C@H]3O)c2[nH]1. The quantitative estimate of drug-likeness (QED) is 0.118. The highest BCUT2D eigenvalue weighted by Gasteiger charge is 2.43. The lowest BCUT2D eigenvalue weighted by atomic mass is 10.1. The van der Waals surface area contributed by atoms with Crippen LogP contribution in [0.4, 0.5) is 5.95 Å². The molecule has 30 heavy (non-hydrogen) atoms. The van der Waals surface area contributed by atoms with Crippen molar-refractivity contribution >= 4 is 35.3 Å².